The highest BCUT2D eigenvalue weighted by molar-refractivity contribution is 6.30. The van der Waals surface area contributed by atoms with E-state index >= 15 is 0 Å². The first kappa shape index (κ1) is 13.6. The first-order valence-corrected chi connectivity index (χ1v) is 5.76. The van der Waals surface area contributed by atoms with Gasteiger partial charge in [-0.15, -0.1) is 12.4 Å². The van der Waals surface area contributed by atoms with Gasteiger partial charge in [-0.25, -0.2) is 0 Å². The summed E-state index contributed by atoms with van der Waals surface area (Å²) in [6, 6.07) is 7.58. The minimum atomic E-state index is 0. The normalized spacial score (nSPS) is 24.6. The molecule has 1 aromatic rings. The standard InChI is InChI=1S/C12H16ClNO.ClH/c1-9-8-14-7-6-12(9)15-11-4-2-10(13)3-5-11;/h2-5,9,12,14H,6-8H2,1H3;1H. The second kappa shape index (κ2) is 6.33. The predicted octanol–water partition coefficient (Wildman–Crippen LogP) is 3.14. The van der Waals surface area contributed by atoms with Crippen LogP contribution in [-0.4, -0.2) is 19.2 Å². The lowest BCUT2D eigenvalue weighted by Crippen LogP contribution is -2.41. The van der Waals surface area contributed by atoms with E-state index in [1.54, 1.807) is 0 Å². The first-order chi connectivity index (χ1) is 7.25. The van der Waals surface area contributed by atoms with E-state index in [1.165, 1.54) is 0 Å². The summed E-state index contributed by atoms with van der Waals surface area (Å²) in [5, 5.41) is 4.11. The molecule has 0 aliphatic carbocycles. The van der Waals surface area contributed by atoms with E-state index in [1.807, 2.05) is 24.3 Å². The van der Waals surface area contributed by atoms with Gasteiger partial charge in [0, 0.05) is 17.5 Å². The molecule has 1 N–H and O–H groups in total. The van der Waals surface area contributed by atoms with Crippen molar-refractivity contribution in [1.82, 2.24) is 5.32 Å². The summed E-state index contributed by atoms with van der Waals surface area (Å²) in [7, 11) is 0. The number of ether oxygens (including phenoxy) is 1. The van der Waals surface area contributed by atoms with Gasteiger partial charge in [0.1, 0.15) is 11.9 Å². The van der Waals surface area contributed by atoms with Crippen molar-refractivity contribution in [3.8, 4) is 5.75 Å². The number of halogens is 2. The Kier molecular flexibility index (Phi) is 5.39. The summed E-state index contributed by atoms with van der Waals surface area (Å²) in [4.78, 5) is 0. The van der Waals surface area contributed by atoms with Gasteiger partial charge in [0.15, 0.2) is 0 Å². The number of rotatable bonds is 2. The predicted molar refractivity (Wildman–Crippen MR) is 69.8 cm³/mol. The molecule has 0 saturated carbocycles. The zero-order valence-electron chi connectivity index (χ0n) is 9.28. The van der Waals surface area contributed by atoms with Crippen LogP contribution in [-0.2, 0) is 0 Å². The Morgan fingerprint density at radius 1 is 1.31 bits per heavy atom. The highest BCUT2D eigenvalue weighted by Gasteiger charge is 2.22. The molecule has 2 atom stereocenters. The number of piperidine rings is 1. The zero-order chi connectivity index (χ0) is 10.7. The van der Waals surface area contributed by atoms with Crippen LogP contribution in [0.2, 0.25) is 5.02 Å². The summed E-state index contributed by atoms with van der Waals surface area (Å²) in [5.74, 6) is 1.48. The molecule has 2 rings (SSSR count). The summed E-state index contributed by atoms with van der Waals surface area (Å²) in [6.07, 6.45) is 1.40. The molecule has 1 aromatic carbocycles. The van der Waals surface area contributed by atoms with E-state index in [0.717, 1.165) is 30.3 Å². The fourth-order valence-corrected chi connectivity index (χ4v) is 1.98. The molecule has 2 nitrogen and oxygen atoms in total. The van der Waals surface area contributed by atoms with Crippen LogP contribution in [0.1, 0.15) is 13.3 Å². The smallest absolute Gasteiger partial charge is 0.119 e. The fraction of sp³-hybridized carbons (Fsp3) is 0.500. The molecule has 1 aliphatic rings. The van der Waals surface area contributed by atoms with Gasteiger partial charge in [-0.2, -0.15) is 0 Å². The van der Waals surface area contributed by atoms with Crippen molar-refractivity contribution in [2.45, 2.75) is 19.4 Å². The summed E-state index contributed by atoms with van der Waals surface area (Å²) in [6.45, 7) is 4.30. The fourth-order valence-electron chi connectivity index (χ4n) is 1.85. The molecular formula is C12H17Cl2NO. The number of hydrogen-bond donors (Lipinski definition) is 1. The van der Waals surface area contributed by atoms with E-state index in [2.05, 4.69) is 12.2 Å². The van der Waals surface area contributed by atoms with Gasteiger partial charge in [0.2, 0.25) is 0 Å². The Bertz CT molecular complexity index is 315. The average Bonchev–Trinajstić information content (AvgIpc) is 2.25. The van der Waals surface area contributed by atoms with Crippen LogP contribution in [0.15, 0.2) is 24.3 Å². The highest BCUT2D eigenvalue weighted by Crippen LogP contribution is 2.21. The van der Waals surface area contributed by atoms with Crippen LogP contribution in [0, 0.1) is 5.92 Å². The number of benzene rings is 1. The first-order valence-electron chi connectivity index (χ1n) is 5.38. The van der Waals surface area contributed by atoms with Gasteiger partial charge in [-0.1, -0.05) is 18.5 Å². The summed E-state index contributed by atoms with van der Waals surface area (Å²) >= 11 is 5.82. The molecule has 2 unspecified atom stereocenters. The average molecular weight is 262 g/mol. The monoisotopic (exact) mass is 261 g/mol. The Labute approximate surface area is 108 Å². The SMILES string of the molecule is CC1CNCCC1Oc1ccc(Cl)cc1.Cl. The minimum Gasteiger partial charge on any atom is -0.490 e. The third kappa shape index (κ3) is 3.55. The topological polar surface area (TPSA) is 21.3 Å². The van der Waals surface area contributed by atoms with E-state index in [0.29, 0.717) is 12.0 Å². The molecule has 16 heavy (non-hydrogen) atoms. The van der Waals surface area contributed by atoms with Crippen LogP contribution in [0.25, 0.3) is 0 Å². The van der Waals surface area contributed by atoms with E-state index in [4.69, 9.17) is 16.3 Å². The van der Waals surface area contributed by atoms with E-state index in [-0.39, 0.29) is 12.4 Å². The number of nitrogens with one attached hydrogen (secondary N) is 1. The molecule has 0 radical (unpaired) electrons. The molecule has 90 valence electrons. The molecule has 1 aliphatic heterocycles. The molecule has 1 heterocycles. The van der Waals surface area contributed by atoms with Gasteiger partial charge in [-0.3, -0.25) is 0 Å². The maximum atomic E-state index is 5.92. The molecule has 0 aromatic heterocycles. The zero-order valence-corrected chi connectivity index (χ0v) is 10.9. The number of hydrogen-bond acceptors (Lipinski definition) is 2. The summed E-state index contributed by atoms with van der Waals surface area (Å²) in [5.41, 5.74) is 0. The summed E-state index contributed by atoms with van der Waals surface area (Å²) < 4.78 is 5.92. The lowest BCUT2D eigenvalue weighted by atomic mass is 9.98. The molecular weight excluding hydrogens is 245 g/mol. The van der Waals surface area contributed by atoms with Crippen LogP contribution in [0.4, 0.5) is 0 Å². The van der Waals surface area contributed by atoms with Gasteiger partial charge < -0.3 is 10.1 Å². The van der Waals surface area contributed by atoms with Crippen molar-refractivity contribution in [1.29, 1.82) is 0 Å². The lowest BCUT2D eigenvalue weighted by molar-refractivity contribution is 0.112. The van der Waals surface area contributed by atoms with Crippen molar-refractivity contribution >= 4 is 24.0 Å². The van der Waals surface area contributed by atoms with Crippen LogP contribution in [0.3, 0.4) is 0 Å². The maximum absolute atomic E-state index is 5.92. The molecule has 1 saturated heterocycles. The van der Waals surface area contributed by atoms with E-state index in [9.17, 15) is 0 Å². The minimum absolute atomic E-state index is 0. The lowest BCUT2D eigenvalue weighted by Gasteiger charge is -2.30. The van der Waals surface area contributed by atoms with Crippen molar-refractivity contribution in [3.05, 3.63) is 29.3 Å². The Morgan fingerprint density at radius 3 is 2.62 bits per heavy atom. The van der Waals surface area contributed by atoms with Crippen molar-refractivity contribution in [2.75, 3.05) is 13.1 Å². The van der Waals surface area contributed by atoms with Crippen molar-refractivity contribution in [2.24, 2.45) is 5.92 Å². The molecule has 0 bridgehead atoms. The van der Waals surface area contributed by atoms with Crippen LogP contribution < -0.4 is 10.1 Å². The third-order valence-electron chi connectivity index (χ3n) is 2.81. The Morgan fingerprint density at radius 2 is 2.00 bits per heavy atom. The van der Waals surface area contributed by atoms with Crippen LogP contribution >= 0.6 is 24.0 Å². The Hall–Kier alpha value is -0.440. The highest BCUT2D eigenvalue weighted by atomic mass is 35.5. The Balaban J connectivity index is 0.00000128. The van der Waals surface area contributed by atoms with Gasteiger partial charge >= 0.3 is 0 Å². The molecule has 1 fully saturated rings. The van der Waals surface area contributed by atoms with Crippen molar-refractivity contribution in [3.63, 3.8) is 0 Å². The van der Waals surface area contributed by atoms with Gasteiger partial charge in [-0.05, 0) is 37.2 Å². The van der Waals surface area contributed by atoms with Crippen molar-refractivity contribution < 1.29 is 4.74 Å². The van der Waals surface area contributed by atoms with E-state index < -0.39 is 0 Å². The van der Waals surface area contributed by atoms with Crippen LogP contribution in [0.5, 0.6) is 5.75 Å². The second-order valence-electron chi connectivity index (χ2n) is 4.08. The maximum Gasteiger partial charge on any atom is 0.119 e. The third-order valence-corrected chi connectivity index (χ3v) is 3.06. The molecule has 0 amide bonds. The van der Waals surface area contributed by atoms with Gasteiger partial charge in [0.05, 0.1) is 0 Å². The molecule has 4 heteroatoms. The van der Waals surface area contributed by atoms with Gasteiger partial charge in [0.25, 0.3) is 0 Å². The second-order valence-corrected chi connectivity index (χ2v) is 4.52. The molecule has 0 spiro atoms. The quantitative estimate of drug-likeness (QED) is 0.884. The largest absolute Gasteiger partial charge is 0.490 e.